The molecule has 0 saturated heterocycles. The zero-order chi connectivity index (χ0) is 36.6. The fourth-order valence-corrected chi connectivity index (χ4v) is 21.5. The van der Waals surface area contributed by atoms with E-state index in [1.165, 1.54) is 177 Å². The van der Waals surface area contributed by atoms with E-state index >= 15 is 0 Å². The van der Waals surface area contributed by atoms with E-state index in [9.17, 15) is 4.89 Å². The molecule has 0 aromatic rings. The number of hydrogen-bond acceptors (Lipinski definition) is 1. The molecule has 55 heavy (non-hydrogen) atoms. The minimum atomic E-state index is -1.24. The smallest absolute Gasteiger partial charge is 0.0655 e. The van der Waals surface area contributed by atoms with Crippen molar-refractivity contribution in [1.82, 2.24) is 0 Å². The monoisotopic (exact) mass is 1200 g/mol. The molecule has 0 heterocycles. The maximum absolute atomic E-state index is 12.3. The van der Waals surface area contributed by atoms with Gasteiger partial charge in [-0.15, -0.1) is 0 Å². The van der Waals surface area contributed by atoms with Crippen molar-refractivity contribution in [3.8, 4) is 0 Å². The summed E-state index contributed by atoms with van der Waals surface area (Å²) in [5.74, 6) is 0. The summed E-state index contributed by atoms with van der Waals surface area (Å²) in [6, 6.07) is 0. The van der Waals surface area contributed by atoms with Crippen LogP contribution in [0.15, 0.2) is 0 Å². The Balaban J connectivity index is 0.000000195. The van der Waals surface area contributed by atoms with Crippen LogP contribution in [0.1, 0.15) is 257 Å². The molecular formula is C48H93OP4Pt2+. The van der Waals surface area contributed by atoms with Gasteiger partial charge in [-0.1, -0.05) is 103 Å². The van der Waals surface area contributed by atoms with Gasteiger partial charge in [0.15, 0.2) is 0 Å². The number of rotatable bonds is 8. The molecule has 7 heteroatoms. The average Bonchev–Trinajstić information content (AvgIpc) is 3.24. The molecule has 330 valence electrons. The van der Waals surface area contributed by atoms with Crippen molar-refractivity contribution in [1.29, 1.82) is 0 Å². The average molecular weight is 1200 g/mol. The normalized spacial score (nSPS) is 26.5. The van der Waals surface area contributed by atoms with Crippen molar-refractivity contribution >= 4 is 33.9 Å². The summed E-state index contributed by atoms with van der Waals surface area (Å²) >= 11 is 0. The van der Waals surface area contributed by atoms with Crippen molar-refractivity contribution in [2.24, 2.45) is 0 Å². The predicted molar refractivity (Wildman–Crippen MR) is 250 cm³/mol. The Morgan fingerprint density at radius 2 is 0.491 bits per heavy atom. The molecule has 8 saturated carbocycles. The molecule has 0 atom stereocenters. The molecular weight excluding hydrogens is 1110 g/mol. The first-order valence-electron chi connectivity index (χ1n) is 25.2. The van der Waals surface area contributed by atoms with E-state index in [1.54, 1.807) is 103 Å². The summed E-state index contributed by atoms with van der Waals surface area (Å²) in [6.07, 6.45) is 59.7. The molecule has 8 fully saturated rings. The molecule has 0 spiro atoms. The third kappa shape index (κ3) is 22.8. The Kier molecular flexibility index (Phi) is 32.0. The summed E-state index contributed by atoms with van der Waals surface area (Å²) < 4.78 is 0. The van der Waals surface area contributed by atoms with Crippen molar-refractivity contribution in [3.05, 3.63) is 0 Å². The molecule has 8 aliphatic carbocycles. The Morgan fingerprint density at radius 1 is 0.291 bits per heavy atom. The van der Waals surface area contributed by atoms with E-state index in [4.69, 9.17) is 0 Å². The first kappa shape index (κ1) is 52.4. The maximum atomic E-state index is 12.3. The zero-order valence-corrected chi connectivity index (χ0v) is 44.8. The van der Waals surface area contributed by atoms with Crippen LogP contribution in [0.2, 0.25) is 0 Å². The molecule has 0 unspecified atom stereocenters. The molecule has 0 aromatic carbocycles. The number of hydrogen-bond donors (Lipinski definition) is 0. The molecule has 0 radical (unpaired) electrons. The van der Waals surface area contributed by atoms with Crippen molar-refractivity contribution < 1.29 is 47.0 Å². The van der Waals surface area contributed by atoms with E-state index in [2.05, 4.69) is 0 Å². The minimum Gasteiger partial charge on any atom is -0.681 e. The second kappa shape index (κ2) is 33.6. The molecule has 0 aliphatic heterocycles. The Bertz CT molecular complexity index is 703. The van der Waals surface area contributed by atoms with E-state index in [-0.39, 0.29) is 42.1 Å². The van der Waals surface area contributed by atoms with Gasteiger partial charge in [-0.3, -0.25) is 0 Å². The molecule has 1 nitrogen and oxygen atoms in total. The van der Waals surface area contributed by atoms with E-state index in [0.717, 1.165) is 28.5 Å². The van der Waals surface area contributed by atoms with Crippen LogP contribution in [0.5, 0.6) is 0 Å². The minimum absolute atomic E-state index is 0. The first-order valence-corrected chi connectivity index (χ1v) is 30.4. The zero-order valence-electron chi connectivity index (χ0n) is 36.0. The van der Waals surface area contributed by atoms with Crippen LogP contribution in [0.4, 0.5) is 0 Å². The van der Waals surface area contributed by atoms with Crippen LogP contribution in [0.25, 0.3) is 0 Å². The molecule has 0 bridgehead atoms. The third-order valence-electron chi connectivity index (χ3n) is 15.3. The van der Waals surface area contributed by atoms with Gasteiger partial charge in [0.25, 0.3) is 0 Å². The molecule has 0 N–H and O–H groups in total. The second-order valence-corrected chi connectivity index (χ2v) is 28.5. The van der Waals surface area contributed by atoms with E-state index in [1.807, 2.05) is 8.58 Å². The topological polar surface area (TPSA) is 23.1 Å². The van der Waals surface area contributed by atoms with Gasteiger partial charge in [0.05, 0.1) is 34.0 Å². The van der Waals surface area contributed by atoms with Crippen LogP contribution >= 0.6 is 33.9 Å². The quantitative estimate of drug-likeness (QED) is 0.222. The predicted octanol–water partition coefficient (Wildman–Crippen LogP) is 15.9. The molecule has 0 aromatic heterocycles. The summed E-state index contributed by atoms with van der Waals surface area (Å²) in [6.45, 7) is 0. The summed E-state index contributed by atoms with van der Waals surface area (Å²) in [7, 11) is 2.25. The third-order valence-corrected chi connectivity index (χ3v) is 24.8. The summed E-state index contributed by atoms with van der Waals surface area (Å²) in [5, 5.41) is 0. The van der Waals surface area contributed by atoms with Crippen molar-refractivity contribution in [3.63, 3.8) is 0 Å². The van der Waals surface area contributed by atoms with Crippen LogP contribution in [0.3, 0.4) is 0 Å². The van der Waals surface area contributed by atoms with Crippen LogP contribution in [0, 0.1) is 0 Å². The summed E-state index contributed by atoms with van der Waals surface area (Å²) in [5.41, 5.74) is 8.28. The van der Waals surface area contributed by atoms with E-state index < -0.39 is 8.15 Å². The van der Waals surface area contributed by atoms with Crippen LogP contribution in [-0.2, 0) is 42.1 Å². The SMILES string of the molecule is C1CCC([P-]C2CCCCC2)CC1.C1CCC([PH2+]C2CCCCC2)CC1.C1CCC([PH2+]C2CCCCC2)CC1.[O-][PH+](C1CCCCC1)C1CCCCC1.[Pt].[Pt]. The summed E-state index contributed by atoms with van der Waals surface area (Å²) in [4.78, 5) is 12.3. The van der Waals surface area contributed by atoms with E-state index in [0.29, 0.717) is 11.3 Å². The fraction of sp³-hybridized carbons (Fsp3) is 1.00. The van der Waals surface area contributed by atoms with Gasteiger partial charge in [-0.05, 0) is 179 Å². The Labute approximate surface area is 380 Å². The van der Waals surface area contributed by atoms with Gasteiger partial charge in [0, 0.05) is 42.1 Å². The van der Waals surface area contributed by atoms with Gasteiger partial charge in [-0.25, -0.2) is 0 Å². The van der Waals surface area contributed by atoms with Gasteiger partial charge in [0.2, 0.25) is 0 Å². The Hall–Kier alpha value is 3.06. The molecule has 8 rings (SSSR count). The van der Waals surface area contributed by atoms with Crippen LogP contribution < -0.4 is 4.89 Å². The van der Waals surface area contributed by atoms with Crippen LogP contribution in [-0.4, -0.2) is 45.3 Å². The second-order valence-electron chi connectivity index (χ2n) is 19.8. The standard InChI is InChI=1S/C12H23OP.2C12H23P.C12H22P.2Pt/c13-14(11-7-3-1-4-8-11)12-9-5-2-6-10-12;3*1-3-7-11(8-4-1)13-12-9-5-2-6-10-12;;/h11-12,14H,1-10H2;2*11-13H,1-10H2;11-12H,1-10H2;;/q;;;-1;;/p+2. The van der Waals surface area contributed by atoms with Crippen molar-refractivity contribution in [2.75, 3.05) is 0 Å². The molecule has 0 amide bonds. The van der Waals surface area contributed by atoms with Gasteiger partial charge in [0.1, 0.15) is 0 Å². The van der Waals surface area contributed by atoms with Gasteiger partial charge >= 0.3 is 0 Å². The fourth-order valence-electron chi connectivity index (χ4n) is 11.9. The Morgan fingerprint density at radius 3 is 0.727 bits per heavy atom. The molecule has 8 aliphatic rings. The first-order chi connectivity index (χ1) is 26.2. The largest absolute Gasteiger partial charge is 0.681 e. The maximum Gasteiger partial charge on any atom is 0.0655 e. The van der Waals surface area contributed by atoms with Gasteiger partial charge in [-0.2, -0.15) is 11.3 Å². The van der Waals surface area contributed by atoms with Crippen molar-refractivity contribution in [2.45, 2.75) is 302 Å². The van der Waals surface area contributed by atoms with Gasteiger partial charge < -0.3 is 13.5 Å².